The molecule has 1 aliphatic rings. The van der Waals surface area contributed by atoms with Crippen LogP contribution in [0.1, 0.15) is 0 Å². The van der Waals surface area contributed by atoms with Crippen LogP contribution in [0.3, 0.4) is 0 Å². The van der Waals surface area contributed by atoms with Gasteiger partial charge in [0.15, 0.2) is 0 Å². The molecule has 3 rings (SSSR count). The molecule has 0 N–H and O–H groups in total. The molecule has 0 spiro atoms. The summed E-state index contributed by atoms with van der Waals surface area (Å²) in [5.41, 5.74) is -1.14. The van der Waals surface area contributed by atoms with Crippen molar-refractivity contribution in [3.63, 3.8) is 0 Å². The Kier molecular flexibility index (Phi) is 6.74. The van der Waals surface area contributed by atoms with E-state index >= 15 is 0 Å². The highest BCUT2D eigenvalue weighted by Gasteiger charge is 2.35. The Hall–Kier alpha value is -2.36. The summed E-state index contributed by atoms with van der Waals surface area (Å²) >= 11 is 11.4. The van der Waals surface area contributed by atoms with Gasteiger partial charge in [-0.3, -0.25) is 20.2 Å². The number of halogens is 2. The van der Waals surface area contributed by atoms with Crippen LogP contribution in [0.4, 0.5) is 11.4 Å². The minimum absolute atomic E-state index is 0.220. The van der Waals surface area contributed by atoms with E-state index in [1.54, 1.807) is 0 Å². The number of rotatable bonds is 6. The highest BCUT2D eigenvalue weighted by Crippen LogP contribution is 2.31. The largest absolute Gasteiger partial charge is 0.289 e. The lowest BCUT2D eigenvalue weighted by atomic mass is 10.3. The molecular formula is C16H14Cl2N4O8S2. The number of piperazine rings is 1. The standard InChI is InChI=1S/C16H14Cl2N4O8S2/c17-13-3-1-11(9-15(13)21(23)24)31(27,28)19-5-7-20(8-6-19)32(29,30)12-2-4-14(18)16(10-12)22(25)26/h1-4,9-10H,5-8H2. The summed E-state index contributed by atoms with van der Waals surface area (Å²) < 4.78 is 53.4. The van der Waals surface area contributed by atoms with Gasteiger partial charge < -0.3 is 0 Å². The molecule has 12 nitrogen and oxygen atoms in total. The van der Waals surface area contributed by atoms with Crippen LogP contribution in [0.15, 0.2) is 46.2 Å². The molecular weight excluding hydrogens is 511 g/mol. The molecule has 0 atom stereocenters. The number of sulfonamides is 2. The Morgan fingerprint density at radius 3 is 1.28 bits per heavy atom. The first kappa shape index (κ1) is 24.3. The van der Waals surface area contributed by atoms with Crippen molar-refractivity contribution < 1.29 is 26.7 Å². The molecule has 1 fully saturated rings. The van der Waals surface area contributed by atoms with Crippen LogP contribution in [0.25, 0.3) is 0 Å². The van der Waals surface area contributed by atoms with Crippen LogP contribution in [-0.2, 0) is 20.0 Å². The topological polar surface area (TPSA) is 161 Å². The van der Waals surface area contributed by atoms with Gasteiger partial charge in [-0.15, -0.1) is 0 Å². The molecule has 32 heavy (non-hydrogen) atoms. The SMILES string of the molecule is O=[N+]([O-])c1cc(S(=O)(=O)N2CCN(S(=O)(=O)c3ccc(Cl)c([N+](=O)[O-])c3)CC2)ccc1Cl. The zero-order chi connectivity index (χ0) is 23.8. The Morgan fingerprint density at radius 1 is 0.688 bits per heavy atom. The monoisotopic (exact) mass is 524 g/mol. The number of nitro groups is 2. The first-order valence-electron chi connectivity index (χ1n) is 8.74. The lowest BCUT2D eigenvalue weighted by molar-refractivity contribution is -0.385. The van der Waals surface area contributed by atoms with Gasteiger partial charge in [0.25, 0.3) is 11.4 Å². The molecule has 1 heterocycles. The highest BCUT2D eigenvalue weighted by molar-refractivity contribution is 7.89. The maximum Gasteiger partial charge on any atom is 0.289 e. The summed E-state index contributed by atoms with van der Waals surface area (Å²) in [4.78, 5) is 19.8. The van der Waals surface area contributed by atoms with Crippen molar-refractivity contribution in [1.82, 2.24) is 8.61 Å². The average Bonchev–Trinajstić information content (AvgIpc) is 2.73. The van der Waals surface area contributed by atoms with E-state index in [1.165, 1.54) is 0 Å². The molecule has 2 aromatic rings. The first-order valence-corrected chi connectivity index (χ1v) is 12.4. The number of hydrogen-bond acceptors (Lipinski definition) is 8. The minimum Gasteiger partial charge on any atom is -0.258 e. The Balaban J connectivity index is 1.81. The van der Waals surface area contributed by atoms with Gasteiger partial charge in [-0.05, 0) is 24.3 Å². The van der Waals surface area contributed by atoms with Gasteiger partial charge in [-0.1, -0.05) is 23.2 Å². The Labute approximate surface area is 192 Å². The molecule has 172 valence electrons. The van der Waals surface area contributed by atoms with Gasteiger partial charge in [0.05, 0.1) is 19.6 Å². The van der Waals surface area contributed by atoms with Crippen molar-refractivity contribution in [3.8, 4) is 0 Å². The van der Waals surface area contributed by atoms with Crippen LogP contribution in [-0.4, -0.2) is 61.5 Å². The predicted molar refractivity (Wildman–Crippen MR) is 114 cm³/mol. The van der Waals surface area contributed by atoms with E-state index in [1.807, 2.05) is 0 Å². The van der Waals surface area contributed by atoms with Crippen LogP contribution >= 0.6 is 23.2 Å². The second kappa shape index (κ2) is 8.88. The molecule has 0 aliphatic carbocycles. The zero-order valence-corrected chi connectivity index (χ0v) is 19.1. The molecule has 0 unspecified atom stereocenters. The van der Waals surface area contributed by atoms with Crippen LogP contribution in [0.5, 0.6) is 0 Å². The Morgan fingerprint density at radius 2 is 1.00 bits per heavy atom. The molecule has 0 aromatic heterocycles. The fourth-order valence-electron chi connectivity index (χ4n) is 3.03. The molecule has 0 radical (unpaired) electrons. The third kappa shape index (κ3) is 4.55. The number of nitro benzene ring substituents is 2. The van der Waals surface area contributed by atoms with Gasteiger partial charge in [0.1, 0.15) is 10.0 Å². The summed E-state index contributed by atoms with van der Waals surface area (Å²) in [6.45, 7) is -0.914. The predicted octanol–water partition coefficient (Wildman–Crippen LogP) is 2.51. The number of nitrogens with zero attached hydrogens (tertiary/aromatic N) is 4. The van der Waals surface area contributed by atoms with Gasteiger partial charge >= 0.3 is 0 Å². The van der Waals surface area contributed by atoms with Crippen LogP contribution < -0.4 is 0 Å². The fourth-order valence-corrected chi connectivity index (χ4v) is 6.29. The summed E-state index contributed by atoms with van der Waals surface area (Å²) in [7, 11) is -8.30. The van der Waals surface area contributed by atoms with Crippen molar-refractivity contribution in [1.29, 1.82) is 0 Å². The van der Waals surface area contributed by atoms with E-state index in [4.69, 9.17) is 23.2 Å². The first-order chi connectivity index (χ1) is 14.9. The second-order valence-corrected chi connectivity index (χ2v) is 11.2. The van der Waals surface area contributed by atoms with Crippen molar-refractivity contribution in [2.45, 2.75) is 9.79 Å². The smallest absolute Gasteiger partial charge is 0.258 e. The highest BCUT2D eigenvalue weighted by atomic mass is 35.5. The van der Waals surface area contributed by atoms with Gasteiger partial charge in [-0.2, -0.15) is 8.61 Å². The molecule has 0 amide bonds. The van der Waals surface area contributed by atoms with Gasteiger partial charge in [0, 0.05) is 38.3 Å². The molecule has 16 heteroatoms. The van der Waals surface area contributed by atoms with Crippen LogP contribution in [0, 0.1) is 20.2 Å². The van der Waals surface area contributed by atoms with Crippen molar-refractivity contribution in [2.75, 3.05) is 26.2 Å². The summed E-state index contributed by atoms with van der Waals surface area (Å²) in [5.74, 6) is 0. The van der Waals surface area contributed by atoms with E-state index < -0.39 is 41.3 Å². The van der Waals surface area contributed by atoms with Crippen molar-refractivity contribution in [3.05, 3.63) is 66.7 Å². The summed E-state index contributed by atoms with van der Waals surface area (Å²) in [6.07, 6.45) is 0. The maximum atomic E-state index is 12.9. The molecule has 1 saturated heterocycles. The van der Waals surface area contributed by atoms with Crippen molar-refractivity contribution in [2.24, 2.45) is 0 Å². The second-order valence-electron chi connectivity index (χ2n) is 6.55. The molecule has 0 bridgehead atoms. The lowest BCUT2D eigenvalue weighted by Gasteiger charge is -2.33. The van der Waals surface area contributed by atoms with E-state index in [9.17, 15) is 37.1 Å². The summed E-state index contributed by atoms with van der Waals surface area (Å²) in [5, 5.41) is 21.6. The average molecular weight is 525 g/mol. The van der Waals surface area contributed by atoms with Crippen LogP contribution in [0.2, 0.25) is 10.0 Å². The van der Waals surface area contributed by atoms with E-state index in [0.29, 0.717) is 0 Å². The maximum absolute atomic E-state index is 12.9. The van der Waals surface area contributed by atoms with Gasteiger partial charge in [0.2, 0.25) is 20.0 Å². The third-order valence-corrected chi connectivity index (χ3v) is 9.13. The zero-order valence-electron chi connectivity index (χ0n) is 15.9. The molecule has 2 aromatic carbocycles. The lowest BCUT2D eigenvalue weighted by Crippen LogP contribution is -2.50. The summed E-state index contributed by atoms with van der Waals surface area (Å²) in [6, 6.07) is 6.13. The minimum atomic E-state index is -4.15. The quantitative estimate of drug-likeness (QED) is 0.411. The Bertz CT molecular complexity index is 1210. The number of hydrogen-bond donors (Lipinski definition) is 0. The number of benzene rings is 2. The van der Waals surface area contributed by atoms with E-state index in [-0.39, 0.29) is 46.0 Å². The van der Waals surface area contributed by atoms with Crippen molar-refractivity contribution >= 4 is 54.6 Å². The normalized spacial score (nSPS) is 16.1. The van der Waals surface area contributed by atoms with E-state index in [2.05, 4.69) is 0 Å². The van der Waals surface area contributed by atoms with E-state index in [0.717, 1.165) is 45.0 Å². The molecule has 0 saturated carbocycles. The molecule has 1 aliphatic heterocycles. The van der Waals surface area contributed by atoms with Gasteiger partial charge in [-0.25, -0.2) is 16.8 Å². The fraction of sp³-hybridized carbons (Fsp3) is 0.250. The third-order valence-electron chi connectivity index (χ3n) is 4.70.